The molecule has 0 aromatic rings. The second kappa shape index (κ2) is 2.67. The molecule has 0 amide bonds. The van der Waals surface area contributed by atoms with E-state index in [4.69, 9.17) is 5.11 Å². The molecule has 0 spiro atoms. The zero-order valence-corrected chi connectivity index (χ0v) is 5.38. The Morgan fingerprint density at radius 2 is 2.00 bits per heavy atom. The number of rotatable bonds is 2. The fourth-order valence-electron chi connectivity index (χ4n) is 0.221. The normalized spacial score (nSPS) is 14.0. The molecule has 8 heavy (non-hydrogen) atoms. The van der Waals surface area contributed by atoms with Gasteiger partial charge in [-0.05, 0) is 0 Å². The van der Waals surface area contributed by atoms with Crippen LogP contribution in [0.15, 0.2) is 0 Å². The van der Waals surface area contributed by atoms with E-state index in [9.17, 15) is 4.79 Å². The van der Waals surface area contributed by atoms with Gasteiger partial charge in [-0.25, -0.2) is 4.79 Å². The molecule has 0 aliphatic carbocycles. The first kappa shape index (κ1) is 7.43. The van der Waals surface area contributed by atoms with Crippen LogP contribution in [-0.4, -0.2) is 31.2 Å². The van der Waals surface area contributed by atoms with Gasteiger partial charge in [-0.2, -0.15) is 4.90 Å². The summed E-state index contributed by atoms with van der Waals surface area (Å²) in [5.74, 6) is -0.782. The summed E-state index contributed by atoms with van der Waals surface area (Å²) < 4.78 is 0. The molecule has 3 heteroatoms. The van der Waals surface area contributed by atoms with Gasteiger partial charge in [0.1, 0.15) is 14.1 Å². The van der Waals surface area contributed by atoms with Gasteiger partial charge < -0.3 is 5.11 Å². The molecule has 0 bridgehead atoms. The highest BCUT2D eigenvalue weighted by Crippen LogP contribution is 1.85. The van der Waals surface area contributed by atoms with Gasteiger partial charge in [0, 0.05) is 6.92 Å². The zero-order chi connectivity index (χ0) is 6.73. The molecule has 0 aliphatic rings. The Balaban J connectivity index is 3.64. The van der Waals surface area contributed by atoms with E-state index in [1.807, 2.05) is 0 Å². The Hall–Kier alpha value is -0.570. The van der Waals surface area contributed by atoms with Gasteiger partial charge in [-0.3, -0.25) is 0 Å². The summed E-state index contributed by atoms with van der Waals surface area (Å²) >= 11 is 0. The fourth-order valence-corrected chi connectivity index (χ4v) is 0.221. The van der Waals surface area contributed by atoms with E-state index < -0.39 is 5.97 Å². The van der Waals surface area contributed by atoms with E-state index >= 15 is 0 Å². The monoisotopic (exact) mass is 117 g/mol. The van der Waals surface area contributed by atoms with Crippen molar-refractivity contribution in [3.63, 3.8) is 0 Å². The van der Waals surface area contributed by atoms with Crippen LogP contribution in [0.1, 0.15) is 6.92 Å². The third-order valence-corrected chi connectivity index (χ3v) is 1.13. The molecule has 0 saturated carbocycles. The molecule has 3 nitrogen and oxygen atoms in total. The predicted molar refractivity (Wildman–Crippen MR) is 31.1 cm³/mol. The summed E-state index contributed by atoms with van der Waals surface area (Å²) in [4.78, 5) is 11.7. The van der Waals surface area contributed by atoms with Gasteiger partial charge in [0.25, 0.3) is 0 Å². The van der Waals surface area contributed by atoms with E-state index in [2.05, 4.69) is 0 Å². The van der Waals surface area contributed by atoms with E-state index in [1.54, 1.807) is 25.9 Å². The topological polar surface area (TPSA) is 43.2 Å². The smallest absolute Gasteiger partial charge is 0.367 e. The molecule has 0 saturated heterocycles. The van der Waals surface area contributed by atoms with Crippen LogP contribution >= 0.6 is 0 Å². The average Bonchev–Trinajstić information content (AvgIpc) is 1.64. The number of carboxylic acids is 1. The minimum Gasteiger partial charge on any atom is -0.477 e. The summed E-state index contributed by atoms with van der Waals surface area (Å²) in [5, 5.41) is 8.31. The first-order valence-electron chi connectivity index (χ1n) is 2.45. The molecule has 0 heterocycles. The highest BCUT2D eigenvalue weighted by molar-refractivity contribution is 5.73. The quantitative estimate of drug-likeness (QED) is 0.511. The molecule has 0 rings (SSSR count). The summed E-state index contributed by atoms with van der Waals surface area (Å²) in [5.41, 5.74) is 0. The van der Waals surface area contributed by atoms with Gasteiger partial charge in [0.05, 0.1) is 0 Å². The highest BCUT2D eigenvalue weighted by atomic mass is 16.4. The lowest BCUT2D eigenvalue weighted by molar-refractivity contribution is -0.139. The summed E-state index contributed by atoms with van der Waals surface area (Å²) in [6.45, 7) is 1.64. The second-order valence-corrected chi connectivity index (χ2v) is 1.98. The highest BCUT2D eigenvalue weighted by Gasteiger charge is 2.20. The average molecular weight is 117 g/mol. The fraction of sp³-hybridized carbons (Fsp3) is 0.800. The number of likely N-dealkylation sites (N-methyl/N-ethyl adjacent to an activating group) is 1. The first-order chi connectivity index (χ1) is 3.55. The third-order valence-electron chi connectivity index (χ3n) is 1.13. The number of hydrogen-bond donors (Lipinski definition) is 1. The van der Waals surface area contributed by atoms with Gasteiger partial charge in [-0.15, -0.1) is 0 Å². The molecule has 0 aromatic heterocycles. The molecule has 47 valence electrons. The Labute approximate surface area is 48.9 Å². The lowest BCUT2D eigenvalue weighted by Crippen LogP contribution is -2.37. The molecule has 0 fully saturated rings. The van der Waals surface area contributed by atoms with E-state index in [0.29, 0.717) is 0 Å². The van der Waals surface area contributed by atoms with Gasteiger partial charge in [-0.1, -0.05) is 0 Å². The molecular weight excluding hydrogens is 106 g/mol. The minimum atomic E-state index is -0.782. The van der Waals surface area contributed by atoms with Crippen LogP contribution < -0.4 is 4.90 Å². The number of nitrogens with zero attached hydrogens (tertiary/aromatic N) is 1. The van der Waals surface area contributed by atoms with Crippen LogP contribution in [0.25, 0.3) is 0 Å². The Kier molecular flexibility index (Phi) is 2.48. The van der Waals surface area contributed by atoms with Crippen molar-refractivity contribution in [2.45, 2.75) is 13.0 Å². The van der Waals surface area contributed by atoms with Crippen LogP contribution in [0, 0.1) is 0 Å². The van der Waals surface area contributed by atoms with Crippen molar-refractivity contribution in [1.29, 1.82) is 0 Å². The lowest BCUT2D eigenvalue weighted by atomic mass is 10.3. The minimum absolute atomic E-state index is 0.380. The molecule has 0 unspecified atom stereocenters. The Morgan fingerprint density at radius 3 is 2.00 bits per heavy atom. The van der Waals surface area contributed by atoms with E-state index in [0.717, 1.165) is 0 Å². The summed E-state index contributed by atoms with van der Waals surface area (Å²) in [6.07, 6.45) is 0. The summed E-state index contributed by atoms with van der Waals surface area (Å²) in [6, 6.07) is -0.380. The van der Waals surface area contributed by atoms with Crippen LogP contribution in [0.2, 0.25) is 0 Å². The standard InChI is InChI=1S/C5H11NO2/c1-4(5(7)8)6(2)3/h4H,1-3H3,(H,7,8)/q+1/t4-/m0/s1. The van der Waals surface area contributed by atoms with E-state index in [-0.39, 0.29) is 6.04 Å². The van der Waals surface area contributed by atoms with Gasteiger partial charge >= 0.3 is 5.97 Å². The van der Waals surface area contributed by atoms with Crippen molar-refractivity contribution in [3.8, 4) is 0 Å². The van der Waals surface area contributed by atoms with Crippen molar-refractivity contribution in [3.05, 3.63) is 0 Å². The van der Waals surface area contributed by atoms with Gasteiger partial charge in [0.2, 0.25) is 6.04 Å². The zero-order valence-electron chi connectivity index (χ0n) is 5.38. The van der Waals surface area contributed by atoms with Crippen LogP contribution in [-0.2, 0) is 4.79 Å². The van der Waals surface area contributed by atoms with Crippen molar-refractivity contribution in [2.24, 2.45) is 0 Å². The maximum atomic E-state index is 10.1. The van der Waals surface area contributed by atoms with Crippen molar-refractivity contribution in [1.82, 2.24) is 4.90 Å². The van der Waals surface area contributed by atoms with E-state index in [1.165, 1.54) is 0 Å². The molecule has 1 radical (unpaired) electrons. The van der Waals surface area contributed by atoms with Crippen molar-refractivity contribution >= 4 is 5.97 Å². The maximum absolute atomic E-state index is 10.1. The number of carboxylic acid groups (broad SMARTS) is 1. The molecule has 0 aliphatic heterocycles. The van der Waals surface area contributed by atoms with Crippen LogP contribution in [0.3, 0.4) is 0 Å². The Morgan fingerprint density at radius 1 is 1.62 bits per heavy atom. The molecule has 1 atom stereocenters. The van der Waals surface area contributed by atoms with Crippen molar-refractivity contribution < 1.29 is 9.90 Å². The van der Waals surface area contributed by atoms with Crippen LogP contribution in [0.4, 0.5) is 0 Å². The number of aliphatic carboxylic acids is 1. The number of carbonyl (C=O) groups is 1. The summed E-state index contributed by atoms with van der Waals surface area (Å²) in [7, 11) is 3.47. The Bertz CT molecular complexity index is 90.4. The van der Waals surface area contributed by atoms with Gasteiger partial charge in [0.15, 0.2) is 0 Å². The van der Waals surface area contributed by atoms with Crippen LogP contribution in [0.5, 0.6) is 0 Å². The number of hydrogen-bond acceptors (Lipinski definition) is 2. The molecule has 0 aromatic carbocycles. The largest absolute Gasteiger partial charge is 0.477 e. The SMILES string of the molecule is C[C@@H](C(=O)O)[N+](C)C. The first-order valence-corrected chi connectivity index (χ1v) is 2.45. The maximum Gasteiger partial charge on any atom is 0.367 e. The van der Waals surface area contributed by atoms with Crippen molar-refractivity contribution in [2.75, 3.05) is 14.1 Å². The second-order valence-electron chi connectivity index (χ2n) is 1.98. The third kappa shape index (κ3) is 1.93. The lowest BCUT2D eigenvalue weighted by Gasteiger charge is -2.02. The molecule has 1 N–H and O–H groups in total. The molecular formula is C5H11NO2+. The predicted octanol–water partition coefficient (Wildman–Crippen LogP) is -0.141.